The Morgan fingerprint density at radius 2 is 2.11 bits per heavy atom. The van der Waals surface area contributed by atoms with Gasteiger partial charge in [0.05, 0.1) is 11.1 Å². The molecule has 0 saturated heterocycles. The number of benzene rings is 1. The molecule has 2 fully saturated rings. The monoisotopic (exact) mass is 322 g/mol. The van der Waals surface area contributed by atoms with Gasteiger partial charge in [-0.1, -0.05) is 13.3 Å². The SMILES string of the molecule is CCCOc1ccc(C(=O)C2C3CCCC32)cc1Br. The number of hydrogen-bond acceptors (Lipinski definition) is 2. The summed E-state index contributed by atoms with van der Waals surface area (Å²) in [6.45, 7) is 2.79. The highest BCUT2D eigenvalue weighted by molar-refractivity contribution is 9.10. The normalized spacial score (nSPS) is 28.0. The van der Waals surface area contributed by atoms with E-state index in [0.717, 1.165) is 22.2 Å². The van der Waals surface area contributed by atoms with Gasteiger partial charge in [-0.15, -0.1) is 0 Å². The van der Waals surface area contributed by atoms with E-state index in [4.69, 9.17) is 4.74 Å². The molecule has 19 heavy (non-hydrogen) atoms. The van der Waals surface area contributed by atoms with Crippen LogP contribution in [0.5, 0.6) is 5.75 Å². The molecule has 3 rings (SSSR count). The predicted molar refractivity (Wildman–Crippen MR) is 78.6 cm³/mol. The first-order valence-corrected chi connectivity index (χ1v) is 7.98. The van der Waals surface area contributed by atoms with Gasteiger partial charge in [0.2, 0.25) is 0 Å². The second-order valence-corrected chi connectivity index (χ2v) is 6.50. The molecule has 0 spiro atoms. The van der Waals surface area contributed by atoms with Crippen LogP contribution in [0.1, 0.15) is 43.0 Å². The van der Waals surface area contributed by atoms with Gasteiger partial charge < -0.3 is 4.74 Å². The smallest absolute Gasteiger partial charge is 0.166 e. The predicted octanol–water partition coefficient (Wildman–Crippen LogP) is 4.47. The van der Waals surface area contributed by atoms with E-state index in [9.17, 15) is 4.79 Å². The third-order valence-corrected chi connectivity index (χ3v) is 5.01. The molecule has 0 heterocycles. The van der Waals surface area contributed by atoms with E-state index in [1.165, 1.54) is 19.3 Å². The van der Waals surface area contributed by atoms with Gasteiger partial charge in [0, 0.05) is 11.5 Å². The van der Waals surface area contributed by atoms with Crippen molar-refractivity contribution in [1.82, 2.24) is 0 Å². The molecule has 2 nitrogen and oxygen atoms in total. The summed E-state index contributed by atoms with van der Waals surface area (Å²) in [6.07, 6.45) is 4.80. The molecule has 0 bridgehead atoms. The lowest BCUT2D eigenvalue weighted by Gasteiger charge is -2.09. The van der Waals surface area contributed by atoms with E-state index in [2.05, 4.69) is 22.9 Å². The number of Topliss-reactive ketones (excluding diaryl/α,β-unsaturated/α-hetero) is 1. The summed E-state index contributed by atoms with van der Waals surface area (Å²) in [6, 6.07) is 5.73. The van der Waals surface area contributed by atoms with Gasteiger partial charge in [-0.2, -0.15) is 0 Å². The van der Waals surface area contributed by atoms with Crippen molar-refractivity contribution in [3.8, 4) is 5.75 Å². The van der Waals surface area contributed by atoms with E-state index in [1.54, 1.807) is 0 Å². The maximum Gasteiger partial charge on any atom is 0.166 e. The lowest BCUT2D eigenvalue weighted by Crippen LogP contribution is -2.06. The molecule has 0 amide bonds. The zero-order valence-electron chi connectivity index (χ0n) is 11.2. The molecule has 0 radical (unpaired) electrons. The Hall–Kier alpha value is -0.830. The zero-order valence-corrected chi connectivity index (χ0v) is 12.8. The van der Waals surface area contributed by atoms with Gasteiger partial charge in [0.1, 0.15) is 5.75 Å². The summed E-state index contributed by atoms with van der Waals surface area (Å²) in [7, 11) is 0. The Bertz CT molecular complexity index is 488. The molecule has 0 aliphatic heterocycles. The molecule has 102 valence electrons. The summed E-state index contributed by atoms with van der Waals surface area (Å²) in [5.41, 5.74) is 0.829. The van der Waals surface area contributed by atoms with E-state index in [0.29, 0.717) is 30.1 Å². The summed E-state index contributed by atoms with van der Waals surface area (Å²) >= 11 is 3.50. The van der Waals surface area contributed by atoms with Crippen LogP contribution in [-0.2, 0) is 0 Å². The molecule has 1 aromatic carbocycles. The van der Waals surface area contributed by atoms with Gasteiger partial charge in [-0.05, 0) is 65.2 Å². The Balaban J connectivity index is 1.71. The van der Waals surface area contributed by atoms with Crippen LogP contribution in [-0.4, -0.2) is 12.4 Å². The fourth-order valence-corrected chi connectivity index (χ4v) is 3.88. The molecule has 3 heteroatoms. The van der Waals surface area contributed by atoms with Crippen molar-refractivity contribution in [3.63, 3.8) is 0 Å². The van der Waals surface area contributed by atoms with Crippen LogP contribution < -0.4 is 4.74 Å². The number of halogens is 1. The minimum Gasteiger partial charge on any atom is -0.492 e. The van der Waals surface area contributed by atoms with Crippen molar-refractivity contribution in [3.05, 3.63) is 28.2 Å². The average Bonchev–Trinajstić information content (AvgIpc) is 2.89. The molecule has 1 aromatic rings. The molecule has 2 aliphatic rings. The number of ketones is 1. The van der Waals surface area contributed by atoms with Crippen molar-refractivity contribution in [2.75, 3.05) is 6.61 Å². The van der Waals surface area contributed by atoms with Crippen molar-refractivity contribution < 1.29 is 9.53 Å². The van der Waals surface area contributed by atoms with Crippen LogP contribution in [0.15, 0.2) is 22.7 Å². The highest BCUT2D eigenvalue weighted by Crippen LogP contribution is 2.58. The first kappa shape index (κ1) is 13.2. The Labute approximate surface area is 122 Å². The Morgan fingerprint density at radius 1 is 1.37 bits per heavy atom. The minimum absolute atomic E-state index is 0.308. The van der Waals surface area contributed by atoms with Crippen molar-refractivity contribution >= 4 is 21.7 Å². The van der Waals surface area contributed by atoms with Crippen LogP contribution >= 0.6 is 15.9 Å². The first-order chi connectivity index (χ1) is 9.22. The Kier molecular flexibility index (Phi) is 3.66. The summed E-state index contributed by atoms with van der Waals surface area (Å²) in [5.74, 6) is 2.83. The maximum atomic E-state index is 12.4. The molecular formula is C16H19BrO2. The second-order valence-electron chi connectivity index (χ2n) is 5.64. The molecule has 0 N–H and O–H groups in total. The molecule has 2 atom stereocenters. The summed E-state index contributed by atoms with van der Waals surface area (Å²) in [5, 5.41) is 0. The number of carbonyl (C=O) groups is 1. The van der Waals surface area contributed by atoms with E-state index < -0.39 is 0 Å². The van der Waals surface area contributed by atoms with E-state index in [-0.39, 0.29) is 0 Å². The fraction of sp³-hybridized carbons (Fsp3) is 0.562. The number of ether oxygens (including phenoxy) is 1. The average molecular weight is 323 g/mol. The van der Waals surface area contributed by atoms with Gasteiger partial charge in [0.15, 0.2) is 5.78 Å². The van der Waals surface area contributed by atoms with Crippen LogP contribution in [0.2, 0.25) is 0 Å². The largest absolute Gasteiger partial charge is 0.492 e. The van der Waals surface area contributed by atoms with Gasteiger partial charge in [-0.25, -0.2) is 0 Å². The fourth-order valence-electron chi connectivity index (χ4n) is 3.39. The molecule has 0 aromatic heterocycles. The number of fused-ring (bicyclic) bond motifs is 1. The highest BCUT2D eigenvalue weighted by atomic mass is 79.9. The number of carbonyl (C=O) groups excluding carboxylic acids is 1. The van der Waals surface area contributed by atoms with Gasteiger partial charge in [-0.3, -0.25) is 4.79 Å². The third-order valence-electron chi connectivity index (χ3n) is 4.39. The van der Waals surface area contributed by atoms with E-state index >= 15 is 0 Å². The molecule has 2 saturated carbocycles. The van der Waals surface area contributed by atoms with Crippen molar-refractivity contribution in [1.29, 1.82) is 0 Å². The quantitative estimate of drug-likeness (QED) is 0.748. The van der Waals surface area contributed by atoms with Crippen molar-refractivity contribution in [2.24, 2.45) is 17.8 Å². The standard InChI is InChI=1S/C16H19BrO2/c1-2-8-19-14-7-6-10(9-13(14)17)16(18)15-11-4-3-5-12(11)15/h6-7,9,11-12,15H,2-5,8H2,1H3. The highest BCUT2D eigenvalue weighted by Gasteiger charge is 2.56. The Morgan fingerprint density at radius 3 is 2.74 bits per heavy atom. The van der Waals surface area contributed by atoms with Crippen LogP contribution in [0.4, 0.5) is 0 Å². The number of rotatable bonds is 5. The topological polar surface area (TPSA) is 26.3 Å². The maximum absolute atomic E-state index is 12.4. The third kappa shape index (κ3) is 2.45. The van der Waals surface area contributed by atoms with Gasteiger partial charge >= 0.3 is 0 Å². The van der Waals surface area contributed by atoms with Crippen molar-refractivity contribution in [2.45, 2.75) is 32.6 Å². The lowest BCUT2D eigenvalue weighted by molar-refractivity contribution is 0.0951. The van der Waals surface area contributed by atoms with Gasteiger partial charge in [0.25, 0.3) is 0 Å². The minimum atomic E-state index is 0.308. The van der Waals surface area contributed by atoms with Crippen LogP contribution in [0.25, 0.3) is 0 Å². The zero-order chi connectivity index (χ0) is 13.4. The lowest BCUT2D eigenvalue weighted by atomic mass is 10.0. The molecular weight excluding hydrogens is 304 g/mol. The molecule has 2 unspecified atom stereocenters. The summed E-state index contributed by atoms with van der Waals surface area (Å²) in [4.78, 5) is 12.4. The van der Waals surface area contributed by atoms with Crippen LogP contribution in [0, 0.1) is 17.8 Å². The summed E-state index contributed by atoms with van der Waals surface area (Å²) < 4.78 is 6.50. The second kappa shape index (κ2) is 5.28. The first-order valence-electron chi connectivity index (χ1n) is 7.19. The number of hydrogen-bond donors (Lipinski definition) is 0. The molecule has 2 aliphatic carbocycles. The van der Waals surface area contributed by atoms with E-state index in [1.807, 2.05) is 18.2 Å². The van der Waals surface area contributed by atoms with Crippen LogP contribution in [0.3, 0.4) is 0 Å².